The number of carbonyl (C=O) groups excluding carboxylic acids is 2. The Hall–Kier alpha value is -4.07. The van der Waals surface area contributed by atoms with E-state index in [1.807, 2.05) is 26.8 Å². The van der Waals surface area contributed by atoms with Crippen LogP contribution in [0.3, 0.4) is 0 Å². The van der Waals surface area contributed by atoms with Crippen LogP contribution >= 0.6 is 0 Å². The van der Waals surface area contributed by atoms with Crippen LogP contribution in [0, 0.1) is 17.5 Å². The molecule has 0 bridgehead atoms. The molecule has 8 heteroatoms. The fourth-order valence-electron chi connectivity index (χ4n) is 4.22. The van der Waals surface area contributed by atoms with Crippen LogP contribution < -0.4 is 9.64 Å². The van der Waals surface area contributed by atoms with Gasteiger partial charge in [-0.1, -0.05) is 39.0 Å². The molecule has 0 radical (unpaired) electrons. The normalized spacial score (nSPS) is 17.5. The molecule has 0 aromatic heterocycles. The topological polar surface area (TPSA) is 66.8 Å². The molecular weight excluding hydrogens is 471 g/mol. The number of rotatable bonds is 4. The molecule has 1 fully saturated rings. The number of Topliss-reactive ketones (excluding diaryl/α,β-unsaturated/α-hetero) is 1. The number of aliphatic hydroxyl groups excluding tert-OH is 1. The van der Waals surface area contributed by atoms with Gasteiger partial charge in [-0.3, -0.25) is 14.5 Å². The summed E-state index contributed by atoms with van der Waals surface area (Å²) in [6.07, 6.45) is 0. The summed E-state index contributed by atoms with van der Waals surface area (Å²) in [5, 5.41) is 11.4. The summed E-state index contributed by atoms with van der Waals surface area (Å²) in [7, 11) is 1.40. The molecule has 0 spiro atoms. The van der Waals surface area contributed by atoms with Crippen LogP contribution in [0.4, 0.5) is 18.9 Å². The van der Waals surface area contributed by atoms with E-state index in [4.69, 9.17) is 4.74 Å². The van der Waals surface area contributed by atoms with Gasteiger partial charge in [-0.25, -0.2) is 13.2 Å². The lowest BCUT2D eigenvalue weighted by Gasteiger charge is -2.26. The minimum Gasteiger partial charge on any atom is -0.507 e. The summed E-state index contributed by atoms with van der Waals surface area (Å²) < 4.78 is 47.5. The van der Waals surface area contributed by atoms with Crippen molar-refractivity contribution in [3.05, 3.63) is 100 Å². The summed E-state index contributed by atoms with van der Waals surface area (Å²) in [4.78, 5) is 27.3. The van der Waals surface area contributed by atoms with Crippen LogP contribution in [0.25, 0.3) is 5.76 Å². The van der Waals surface area contributed by atoms with E-state index >= 15 is 0 Å². The van der Waals surface area contributed by atoms with Crippen molar-refractivity contribution < 1.29 is 32.6 Å². The van der Waals surface area contributed by atoms with E-state index in [2.05, 4.69) is 0 Å². The zero-order valence-electron chi connectivity index (χ0n) is 20.1. The first-order valence-electron chi connectivity index (χ1n) is 11.1. The lowest BCUT2D eigenvalue weighted by molar-refractivity contribution is -0.132. The minimum absolute atomic E-state index is 0.162. The Kier molecular flexibility index (Phi) is 6.39. The maximum absolute atomic E-state index is 14.8. The molecule has 3 aromatic rings. The molecule has 0 saturated carbocycles. The number of ether oxygens (including phenoxy) is 1. The minimum atomic E-state index is -1.31. The van der Waals surface area contributed by atoms with Crippen LogP contribution in [0.1, 0.15) is 43.5 Å². The highest BCUT2D eigenvalue weighted by atomic mass is 19.1. The molecule has 4 rings (SSSR count). The van der Waals surface area contributed by atoms with E-state index in [0.29, 0.717) is 6.07 Å². The molecule has 1 saturated heterocycles. The van der Waals surface area contributed by atoms with Gasteiger partial charge >= 0.3 is 0 Å². The fourth-order valence-corrected chi connectivity index (χ4v) is 4.22. The molecule has 1 N–H and O–H groups in total. The second-order valence-electron chi connectivity index (χ2n) is 9.48. The molecule has 36 heavy (non-hydrogen) atoms. The van der Waals surface area contributed by atoms with E-state index in [0.717, 1.165) is 34.7 Å². The molecule has 1 unspecified atom stereocenters. The molecule has 3 aromatic carbocycles. The highest BCUT2D eigenvalue weighted by molar-refractivity contribution is 6.51. The van der Waals surface area contributed by atoms with Crippen molar-refractivity contribution in [3.63, 3.8) is 0 Å². The van der Waals surface area contributed by atoms with E-state index in [-0.39, 0.29) is 33.6 Å². The van der Waals surface area contributed by atoms with Gasteiger partial charge in [0.1, 0.15) is 29.0 Å². The Bertz CT molecular complexity index is 1390. The van der Waals surface area contributed by atoms with E-state index < -0.39 is 40.9 Å². The number of benzene rings is 3. The van der Waals surface area contributed by atoms with Gasteiger partial charge in [0, 0.05) is 6.07 Å². The molecule has 1 aliphatic rings. The number of aliphatic hydroxyl groups is 1. The summed E-state index contributed by atoms with van der Waals surface area (Å²) in [5.74, 6) is -4.99. The Morgan fingerprint density at radius 2 is 1.56 bits per heavy atom. The Morgan fingerprint density at radius 3 is 2.14 bits per heavy atom. The van der Waals surface area contributed by atoms with E-state index in [1.54, 1.807) is 12.1 Å². The summed E-state index contributed by atoms with van der Waals surface area (Å²) in [6, 6.07) is 11.3. The number of anilines is 1. The third-order valence-corrected chi connectivity index (χ3v) is 6.12. The number of nitrogens with zero attached hydrogens (tertiary/aromatic N) is 1. The maximum atomic E-state index is 14.8. The second-order valence-corrected chi connectivity index (χ2v) is 9.48. The van der Waals surface area contributed by atoms with Crippen molar-refractivity contribution in [1.82, 2.24) is 0 Å². The third kappa shape index (κ3) is 4.34. The summed E-state index contributed by atoms with van der Waals surface area (Å²) >= 11 is 0. The van der Waals surface area contributed by atoms with Crippen LogP contribution in [-0.4, -0.2) is 23.9 Å². The lowest BCUT2D eigenvalue weighted by atomic mass is 9.85. The van der Waals surface area contributed by atoms with Crippen molar-refractivity contribution in [1.29, 1.82) is 0 Å². The van der Waals surface area contributed by atoms with E-state index in [1.165, 1.54) is 19.2 Å². The van der Waals surface area contributed by atoms with Crippen molar-refractivity contribution in [2.24, 2.45) is 0 Å². The first-order valence-corrected chi connectivity index (χ1v) is 11.1. The van der Waals surface area contributed by atoms with Gasteiger partial charge in [0.25, 0.3) is 11.7 Å². The quantitative estimate of drug-likeness (QED) is 0.272. The SMILES string of the molecule is COc1ccc(C(C)(C)C)cc1/C(O)=C1\C(=O)C(=O)N(c2ccc(F)cc2F)C1c1ccc(F)cc1. The smallest absolute Gasteiger partial charge is 0.300 e. The number of ketones is 1. The molecular formula is C28H24F3NO4. The van der Waals surface area contributed by atoms with Crippen molar-refractivity contribution >= 4 is 23.1 Å². The molecule has 0 aliphatic carbocycles. The highest BCUT2D eigenvalue weighted by Crippen LogP contribution is 2.44. The number of methoxy groups -OCH3 is 1. The van der Waals surface area contributed by atoms with Crippen LogP contribution in [0.2, 0.25) is 0 Å². The molecule has 186 valence electrons. The van der Waals surface area contributed by atoms with Crippen LogP contribution in [0.15, 0.2) is 66.2 Å². The maximum Gasteiger partial charge on any atom is 0.300 e. The summed E-state index contributed by atoms with van der Waals surface area (Å²) in [6.45, 7) is 5.90. The predicted molar refractivity (Wildman–Crippen MR) is 129 cm³/mol. The first kappa shape index (κ1) is 25.0. The zero-order valence-corrected chi connectivity index (χ0v) is 20.1. The van der Waals surface area contributed by atoms with Crippen molar-refractivity contribution in [2.75, 3.05) is 12.0 Å². The lowest BCUT2D eigenvalue weighted by Crippen LogP contribution is -2.30. The number of halogens is 3. The fraction of sp³-hybridized carbons (Fsp3) is 0.214. The monoisotopic (exact) mass is 495 g/mol. The number of amides is 1. The second kappa shape index (κ2) is 9.18. The summed E-state index contributed by atoms with van der Waals surface area (Å²) in [5.41, 5.74) is 0.214. The molecule has 5 nitrogen and oxygen atoms in total. The molecule has 1 atom stereocenters. The zero-order chi connectivity index (χ0) is 26.4. The third-order valence-electron chi connectivity index (χ3n) is 6.12. The Morgan fingerprint density at radius 1 is 0.917 bits per heavy atom. The number of hydrogen-bond acceptors (Lipinski definition) is 4. The van der Waals surface area contributed by atoms with Gasteiger partial charge in [-0.05, 0) is 52.9 Å². The highest BCUT2D eigenvalue weighted by Gasteiger charge is 2.48. The van der Waals surface area contributed by atoms with Crippen LogP contribution in [0.5, 0.6) is 5.75 Å². The van der Waals surface area contributed by atoms with Gasteiger partial charge in [-0.15, -0.1) is 0 Å². The average Bonchev–Trinajstić information content (AvgIpc) is 3.08. The van der Waals surface area contributed by atoms with Gasteiger partial charge in [-0.2, -0.15) is 0 Å². The van der Waals surface area contributed by atoms with Gasteiger partial charge in [0.2, 0.25) is 0 Å². The van der Waals surface area contributed by atoms with Crippen molar-refractivity contribution in [3.8, 4) is 5.75 Å². The standard InChI is InChI=1S/C28H24F3NO4/c1-28(2,3)16-7-12-22(36-4)19(13-16)25(33)23-24(15-5-8-17(29)9-6-15)32(27(35)26(23)34)21-11-10-18(30)14-20(21)31/h5-14,24,33H,1-4H3/b25-23+. The molecule has 1 amide bonds. The van der Waals surface area contributed by atoms with E-state index in [9.17, 15) is 27.9 Å². The van der Waals surface area contributed by atoms with Gasteiger partial charge in [0.15, 0.2) is 0 Å². The largest absolute Gasteiger partial charge is 0.507 e. The van der Waals surface area contributed by atoms with Crippen LogP contribution in [-0.2, 0) is 15.0 Å². The number of carbonyl (C=O) groups is 2. The number of hydrogen-bond donors (Lipinski definition) is 1. The first-order chi connectivity index (χ1) is 16.9. The van der Waals surface area contributed by atoms with Crippen molar-refractivity contribution in [2.45, 2.75) is 32.2 Å². The van der Waals surface area contributed by atoms with Gasteiger partial charge < -0.3 is 9.84 Å². The predicted octanol–water partition coefficient (Wildman–Crippen LogP) is 6.04. The van der Waals surface area contributed by atoms with Gasteiger partial charge in [0.05, 0.1) is 30.0 Å². The molecule has 1 aliphatic heterocycles. The molecule has 1 heterocycles. The Labute approximate surface area is 206 Å². The Balaban J connectivity index is 2.01. The average molecular weight is 495 g/mol.